The summed E-state index contributed by atoms with van der Waals surface area (Å²) in [5.41, 5.74) is -0.483. The predicted molar refractivity (Wildman–Crippen MR) is 85.1 cm³/mol. The second kappa shape index (κ2) is 6.14. The van der Waals surface area contributed by atoms with Gasteiger partial charge in [-0.1, -0.05) is 11.6 Å². The lowest BCUT2D eigenvalue weighted by Gasteiger charge is -2.39. The molecule has 1 fully saturated rings. The van der Waals surface area contributed by atoms with Gasteiger partial charge in [-0.3, -0.25) is 0 Å². The number of anilines is 1. The largest absolute Gasteiger partial charge is 0.388 e. The fourth-order valence-corrected chi connectivity index (χ4v) is 3.21. The van der Waals surface area contributed by atoms with Crippen LogP contribution >= 0.6 is 11.6 Å². The van der Waals surface area contributed by atoms with E-state index in [1.165, 1.54) is 6.20 Å². The van der Waals surface area contributed by atoms with Gasteiger partial charge in [0.15, 0.2) is 0 Å². The van der Waals surface area contributed by atoms with Gasteiger partial charge in [0.25, 0.3) is 0 Å². The zero-order valence-corrected chi connectivity index (χ0v) is 13.5. The van der Waals surface area contributed by atoms with Crippen molar-refractivity contribution in [2.45, 2.75) is 24.9 Å². The highest BCUT2D eigenvalue weighted by atomic mass is 35.5. The molecule has 0 spiro atoms. The van der Waals surface area contributed by atoms with Gasteiger partial charge in [-0.05, 0) is 18.9 Å². The molecular formula is C15H17ClN6O. The number of β-amino-alcohol motifs (C(OH)–C–C–N with tert-alkyl or cyclic N) is 1. The third-order valence-electron chi connectivity index (χ3n) is 4.10. The van der Waals surface area contributed by atoms with Gasteiger partial charge in [0.1, 0.15) is 24.0 Å². The smallest absolute Gasteiger partial charge is 0.147 e. The van der Waals surface area contributed by atoms with E-state index in [0.717, 1.165) is 18.8 Å². The minimum absolute atomic E-state index is 0.415. The molecule has 0 radical (unpaired) electrons. The van der Waals surface area contributed by atoms with Crippen molar-refractivity contribution in [3.63, 3.8) is 0 Å². The third kappa shape index (κ3) is 3.28. The van der Waals surface area contributed by atoms with Gasteiger partial charge in [-0.25, -0.2) is 4.98 Å². The van der Waals surface area contributed by atoms with Crippen molar-refractivity contribution in [1.29, 1.82) is 5.26 Å². The van der Waals surface area contributed by atoms with Crippen molar-refractivity contribution < 1.29 is 5.11 Å². The van der Waals surface area contributed by atoms with E-state index in [0.29, 0.717) is 35.8 Å². The van der Waals surface area contributed by atoms with Gasteiger partial charge >= 0.3 is 0 Å². The molecule has 0 aromatic carbocycles. The molecule has 23 heavy (non-hydrogen) atoms. The summed E-state index contributed by atoms with van der Waals surface area (Å²) in [4.78, 5) is 6.24. The monoisotopic (exact) mass is 332 g/mol. The second-order valence-corrected chi connectivity index (χ2v) is 6.33. The van der Waals surface area contributed by atoms with E-state index >= 15 is 0 Å². The molecule has 1 aliphatic heterocycles. The van der Waals surface area contributed by atoms with Crippen molar-refractivity contribution in [3.8, 4) is 6.07 Å². The Labute approximate surface area is 139 Å². The van der Waals surface area contributed by atoms with Crippen LogP contribution in [0.5, 0.6) is 0 Å². The minimum atomic E-state index is -0.905. The number of halogens is 1. The molecule has 8 heteroatoms. The van der Waals surface area contributed by atoms with Crippen LogP contribution in [-0.4, -0.2) is 43.5 Å². The Morgan fingerprint density at radius 3 is 3.00 bits per heavy atom. The van der Waals surface area contributed by atoms with Crippen LogP contribution < -0.4 is 4.90 Å². The first-order valence-electron chi connectivity index (χ1n) is 7.37. The van der Waals surface area contributed by atoms with Crippen molar-refractivity contribution in [2.75, 3.05) is 18.0 Å². The lowest BCUT2D eigenvalue weighted by molar-refractivity contribution is 0.0236. The first-order chi connectivity index (χ1) is 11.0. The van der Waals surface area contributed by atoms with E-state index < -0.39 is 5.60 Å². The molecule has 1 unspecified atom stereocenters. The van der Waals surface area contributed by atoms with Crippen LogP contribution in [0.1, 0.15) is 24.2 Å². The standard InChI is InChI=1S/C15H17ClN6O/c1-21-10-19-20-13(21)6-15(23)3-2-4-22(9-15)14-12(16)5-11(7-17)8-18-14/h5,8,10,23H,2-4,6,9H2,1H3. The molecule has 2 aromatic heterocycles. The molecule has 1 aliphatic rings. The summed E-state index contributed by atoms with van der Waals surface area (Å²) in [6, 6.07) is 3.61. The number of aryl methyl sites for hydroxylation is 1. The number of pyridine rings is 1. The number of nitrogens with zero attached hydrogens (tertiary/aromatic N) is 6. The van der Waals surface area contributed by atoms with E-state index in [9.17, 15) is 5.11 Å². The Bertz CT molecular complexity index is 755. The summed E-state index contributed by atoms with van der Waals surface area (Å²) in [7, 11) is 1.86. The first kappa shape index (κ1) is 15.7. The van der Waals surface area contributed by atoms with Crippen LogP contribution in [0.4, 0.5) is 5.82 Å². The molecule has 0 aliphatic carbocycles. The molecule has 1 N–H and O–H groups in total. The molecular weight excluding hydrogens is 316 g/mol. The second-order valence-electron chi connectivity index (χ2n) is 5.93. The van der Waals surface area contributed by atoms with Gasteiger partial charge < -0.3 is 14.6 Å². The average Bonchev–Trinajstić information content (AvgIpc) is 2.91. The Morgan fingerprint density at radius 1 is 1.52 bits per heavy atom. The van der Waals surface area contributed by atoms with Crippen LogP contribution in [0.15, 0.2) is 18.6 Å². The molecule has 120 valence electrons. The molecule has 3 heterocycles. The van der Waals surface area contributed by atoms with E-state index in [-0.39, 0.29) is 0 Å². The molecule has 1 saturated heterocycles. The van der Waals surface area contributed by atoms with Crippen LogP contribution in [0.2, 0.25) is 5.02 Å². The van der Waals surface area contributed by atoms with Gasteiger partial charge in [0.2, 0.25) is 0 Å². The number of hydrogen-bond acceptors (Lipinski definition) is 6. The molecule has 1 atom stereocenters. The van der Waals surface area contributed by atoms with Crippen molar-refractivity contribution in [1.82, 2.24) is 19.7 Å². The van der Waals surface area contributed by atoms with Crippen molar-refractivity contribution in [2.24, 2.45) is 7.05 Å². The van der Waals surface area contributed by atoms with Crippen LogP contribution in [0, 0.1) is 11.3 Å². The highest BCUT2D eigenvalue weighted by Gasteiger charge is 2.35. The van der Waals surface area contributed by atoms with Crippen LogP contribution in [0.3, 0.4) is 0 Å². The molecule has 0 bridgehead atoms. The number of aromatic nitrogens is 4. The van der Waals surface area contributed by atoms with Gasteiger partial charge in [-0.2, -0.15) is 5.26 Å². The summed E-state index contributed by atoms with van der Waals surface area (Å²) in [6.45, 7) is 1.18. The first-order valence-corrected chi connectivity index (χ1v) is 7.74. The number of rotatable bonds is 3. The van der Waals surface area contributed by atoms with Crippen molar-refractivity contribution in [3.05, 3.63) is 35.0 Å². The maximum atomic E-state index is 10.9. The van der Waals surface area contributed by atoms with Crippen molar-refractivity contribution >= 4 is 17.4 Å². The van der Waals surface area contributed by atoms with Gasteiger partial charge in [0, 0.05) is 32.8 Å². The zero-order valence-electron chi connectivity index (χ0n) is 12.8. The fourth-order valence-electron chi connectivity index (χ4n) is 2.92. The van der Waals surface area contributed by atoms with Gasteiger partial charge in [-0.15, -0.1) is 10.2 Å². The summed E-state index contributed by atoms with van der Waals surface area (Å²) in [5.74, 6) is 1.34. The summed E-state index contributed by atoms with van der Waals surface area (Å²) in [5, 5.41) is 28.2. The Hall–Kier alpha value is -2.17. The Morgan fingerprint density at radius 2 is 2.35 bits per heavy atom. The molecule has 7 nitrogen and oxygen atoms in total. The maximum Gasteiger partial charge on any atom is 0.147 e. The zero-order chi connectivity index (χ0) is 16.4. The SMILES string of the molecule is Cn1cnnc1CC1(O)CCCN(c2ncc(C#N)cc2Cl)C1. The number of piperidine rings is 1. The van der Waals surface area contributed by atoms with E-state index in [1.54, 1.807) is 12.4 Å². The van der Waals surface area contributed by atoms with Crippen LogP contribution in [-0.2, 0) is 13.5 Å². The molecule has 0 amide bonds. The molecule has 2 aromatic rings. The van der Waals surface area contributed by atoms with Crippen LogP contribution in [0.25, 0.3) is 0 Å². The lowest BCUT2D eigenvalue weighted by Crippen LogP contribution is -2.50. The summed E-state index contributed by atoms with van der Waals surface area (Å²) < 4.78 is 1.81. The third-order valence-corrected chi connectivity index (χ3v) is 4.38. The van der Waals surface area contributed by atoms with E-state index in [4.69, 9.17) is 16.9 Å². The lowest BCUT2D eigenvalue weighted by atomic mass is 9.89. The molecule has 0 saturated carbocycles. The summed E-state index contributed by atoms with van der Waals surface area (Å²) in [6.07, 6.45) is 5.06. The number of hydrogen-bond donors (Lipinski definition) is 1. The van der Waals surface area contributed by atoms with E-state index in [2.05, 4.69) is 15.2 Å². The van der Waals surface area contributed by atoms with E-state index in [1.807, 2.05) is 22.6 Å². The van der Waals surface area contributed by atoms with Gasteiger partial charge in [0.05, 0.1) is 16.2 Å². The fraction of sp³-hybridized carbons (Fsp3) is 0.467. The highest BCUT2D eigenvalue weighted by Crippen LogP contribution is 2.31. The minimum Gasteiger partial charge on any atom is -0.388 e. The summed E-state index contributed by atoms with van der Waals surface area (Å²) >= 11 is 6.24. The highest BCUT2D eigenvalue weighted by molar-refractivity contribution is 6.33. The topological polar surface area (TPSA) is 90.9 Å². The predicted octanol–water partition coefficient (Wildman–Crippen LogP) is 1.31. The average molecular weight is 333 g/mol. The number of nitriles is 1. The normalized spacial score (nSPS) is 21.2. The quantitative estimate of drug-likeness (QED) is 0.911. The molecule has 3 rings (SSSR count). The maximum absolute atomic E-state index is 10.9. The number of aliphatic hydroxyl groups is 1. The Balaban J connectivity index is 1.80. The Kier molecular flexibility index (Phi) is 4.20.